The molecule has 0 aliphatic carbocycles. The molecule has 0 amide bonds. The van der Waals surface area contributed by atoms with Crippen molar-refractivity contribution in [2.75, 3.05) is 5.73 Å². The first-order valence-electron chi connectivity index (χ1n) is 5.15. The van der Waals surface area contributed by atoms with Gasteiger partial charge in [0.2, 0.25) is 0 Å². The molecule has 0 radical (unpaired) electrons. The third-order valence-corrected chi connectivity index (χ3v) is 2.37. The number of hydrogen-bond acceptors (Lipinski definition) is 5. The third kappa shape index (κ3) is 2.19. The summed E-state index contributed by atoms with van der Waals surface area (Å²) in [4.78, 5) is 24.9. The first kappa shape index (κ1) is 11.8. The number of benzene rings is 1. The molecule has 1 aromatic carbocycles. The summed E-state index contributed by atoms with van der Waals surface area (Å²) < 4.78 is 1.10. The van der Waals surface area contributed by atoms with Crippen molar-refractivity contribution in [1.82, 2.24) is 9.55 Å². The van der Waals surface area contributed by atoms with Gasteiger partial charge in [-0.2, -0.15) is 5.11 Å². The smallest absolute Gasteiger partial charge is 0.329 e. The Balaban J connectivity index is 2.48. The molecule has 7 heteroatoms. The number of anilines is 1. The van der Waals surface area contributed by atoms with Crippen molar-refractivity contribution in [1.29, 1.82) is 0 Å². The molecule has 0 spiro atoms. The maximum absolute atomic E-state index is 11.5. The monoisotopic (exact) mass is 245 g/mol. The van der Waals surface area contributed by atoms with Gasteiger partial charge in [-0.05, 0) is 12.1 Å². The van der Waals surface area contributed by atoms with Gasteiger partial charge in [0.1, 0.15) is 5.82 Å². The number of azo groups is 1. The van der Waals surface area contributed by atoms with Crippen LogP contribution >= 0.6 is 0 Å². The normalized spacial score (nSPS) is 10.9. The number of nitrogens with two attached hydrogens (primary N) is 1. The molecule has 18 heavy (non-hydrogen) atoms. The fourth-order valence-electron chi connectivity index (χ4n) is 1.32. The second-order valence-corrected chi connectivity index (χ2v) is 3.59. The Hall–Kier alpha value is -2.70. The van der Waals surface area contributed by atoms with Crippen molar-refractivity contribution in [3.8, 4) is 0 Å². The van der Waals surface area contributed by atoms with Crippen molar-refractivity contribution in [2.45, 2.75) is 0 Å². The van der Waals surface area contributed by atoms with E-state index in [9.17, 15) is 9.59 Å². The Labute approximate surface area is 102 Å². The number of nitrogens with zero attached hydrogens (tertiary/aromatic N) is 3. The second kappa shape index (κ2) is 4.66. The quantitative estimate of drug-likeness (QED) is 0.773. The van der Waals surface area contributed by atoms with E-state index in [2.05, 4.69) is 15.2 Å². The van der Waals surface area contributed by atoms with Gasteiger partial charge >= 0.3 is 5.69 Å². The van der Waals surface area contributed by atoms with E-state index >= 15 is 0 Å². The fraction of sp³-hybridized carbons (Fsp3) is 0.0909. The van der Waals surface area contributed by atoms with Crippen LogP contribution in [-0.4, -0.2) is 9.55 Å². The van der Waals surface area contributed by atoms with E-state index in [4.69, 9.17) is 5.73 Å². The summed E-state index contributed by atoms with van der Waals surface area (Å²) in [5.41, 5.74) is 4.90. The maximum Gasteiger partial charge on any atom is 0.329 e. The number of H-pyrrole nitrogens is 1. The van der Waals surface area contributed by atoms with Crippen LogP contribution in [0.2, 0.25) is 0 Å². The van der Waals surface area contributed by atoms with Gasteiger partial charge in [-0.25, -0.2) is 4.79 Å². The molecular formula is C11H11N5O2. The Bertz CT molecular complexity index is 700. The first-order chi connectivity index (χ1) is 8.59. The molecule has 0 aliphatic rings. The zero-order valence-electron chi connectivity index (χ0n) is 9.62. The Morgan fingerprint density at radius 3 is 2.50 bits per heavy atom. The summed E-state index contributed by atoms with van der Waals surface area (Å²) in [6.45, 7) is 0. The highest BCUT2D eigenvalue weighted by Gasteiger charge is 2.08. The lowest BCUT2D eigenvalue weighted by atomic mass is 10.3. The van der Waals surface area contributed by atoms with Crippen LogP contribution in [0.1, 0.15) is 0 Å². The minimum absolute atomic E-state index is 0.0246. The van der Waals surface area contributed by atoms with Crippen LogP contribution in [0.4, 0.5) is 17.2 Å². The fourth-order valence-corrected chi connectivity index (χ4v) is 1.32. The van der Waals surface area contributed by atoms with Gasteiger partial charge < -0.3 is 5.73 Å². The number of rotatable bonds is 2. The minimum atomic E-state index is -0.657. The molecule has 2 aromatic rings. The molecule has 0 aliphatic heterocycles. The molecule has 0 saturated heterocycles. The highest BCUT2D eigenvalue weighted by Crippen LogP contribution is 2.18. The van der Waals surface area contributed by atoms with Gasteiger partial charge in [0, 0.05) is 7.05 Å². The van der Waals surface area contributed by atoms with Crippen molar-refractivity contribution in [3.05, 3.63) is 51.2 Å². The van der Waals surface area contributed by atoms with Crippen LogP contribution in [0, 0.1) is 0 Å². The maximum atomic E-state index is 11.5. The zero-order chi connectivity index (χ0) is 13.1. The van der Waals surface area contributed by atoms with Gasteiger partial charge in [0.15, 0.2) is 5.69 Å². The number of aromatic amines is 1. The van der Waals surface area contributed by atoms with E-state index in [0.717, 1.165) is 4.57 Å². The van der Waals surface area contributed by atoms with E-state index in [1.165, 1.54) is 7.05 Å². The predicted molar refractivity (Wildman–Crippen MR) is 67.3 cm³/mol. The molecule has 1 heterocycles. The molecule has 0 saturated carbocycles. The molecule has 2 rings (SSSR count). The molecule has 1 aromatic heterocycles. The standard InChI is InChI=1S/C11H11N5O2/c1-16-9(12)8(10(17)13-11(16)18)15-14-7-5-3-2-4-6-7/h2-6H,12H2,1H3,(H,13,17,18). The lowest BCUT2D eigenvalue weighted by Gasteiger charge is -2.03. The van der Waals surface area contributed by atoms with E-state index < -0.39 is 11.2 Å². The molecule has 0 atom stereocenters. The summed E-state index contributed by atoms with van der Waals surface area (Å²) in [6.07, 6.45) is 0. The van der Waals surface area contributed by atoms with Crippen LogP contribution < -0.4 is 17.0 Å². The minimum Gasteiger partial charge on any atom is -0.383 e. The SMILES string of the molecule is Cn1c(N)c(N=Nc2ccccc2)c(=O)[nH]c1=O. The van der Waals surface area contributed by atoms with Gasteiger partial charge in [0.25, 0.3) is 5.56 Å². The van der Waals surface area contributed by atoms with Gasteiger partial charge in [0.05, 0.1) is 5.69 Å². The van der Waals surface area contributed by atoms with E-state index in [0.29, 0.717) is 5.69 Å². The molecule has 92 valence electrons. The van der Waals surface area contributed by atoms with Crippen LogP contribution in [0.3, 0.4) is 0 Å². The van der Waals surface area contributed by atoms with Crippen molar-refractivity contribution < 1.29 is 0 Å². The van der Waals surface area contributed by atoms with Gasteiger partial charge in [-0.15, -0.1) is 5.11 Å². The average molecular weight is 245 g/mol. The third-order valence-electron chi connectivity index (χ3n) is 2.37. The van der Waals surface area contributed by atoms with Crippen LogP contribution in [-0.2, 0) is 7.05 Å². The topological polar surface area (TPSA) is 106 Å². The number of hydrogen-bond donors (Lipinski definition) is 2. The zero-order valence-corrected chi connectivity index (χ0v) is 9.62. The predicted octanol–water partition coefficient (Wildman–Crippen LogP) is 1.07. The number of nitrogens with one attached hydrogen (secondary N) is 1. The molecule has 0 unspecified atom stereocenters. The summed E-state index contributed by atoms with van der Waals surface area (Å²) in [7, 11) is 1.44. The number of nitrogen functional groups attached to an aromatic ring is 1. The lowest BCUT2D eigenvalue weighted by molar-refractivity contribution is 0.811. The lowest BCUT2D eigenvalue weighted by Crippen LogP contribution is -2.29. The highest BCUT2D eigenvalue weighted by atomic mass is 16.2. The van der Waals surface area contributed by atoms with E-state index in [1.807, 2.05) is 6.07 Å². The average Bonchev–Trinajstić information content (AvgIpc) is 2.37. The Kier molecular flexibility index (Phi) is 3.05. The Morgan fingerprint density at radius 1 is 1.17 bits per heavy atom. The van der Waals surface area contributed by atoms with Crippen molar-refractivity contribution in [3.63, 3.8) is 0 Å². The van der Waals surface area contributed by atoms with Crippen molar-refractivity contribution in [2.24, 2.45) is 17.3 Å². The molecular weight excluding hydrogens is 234 g/mol. The number of aromatic nitrogens is 2. The van der Waals surface area contributed by atoms with Crippen LogP contribution in [0.15, 0.2) is 50.1 Å². The summed E-state index contributed by atoms with van der Waals surface area (Å²) in [6, 6.07) is 8.89. The summed E-state index contributed by atoms with van der Waals surface area (Å²) in [5.74, 6) is -0.0246. The highest BCUT2D eigenvalue weighted by molar-refractivity contribution is 5.55. The molecule has 3 N–H and O–H groups in total. The molecule has 7 nitrogen and oxygen atoms in total. The van der Waals surface area contributed by atoms with E-state index in [1.54, 1.807) is 24.3 Å². The van der Waals surface area contributed by atoms with Gasteiger partial charge in [-0.1, -0.05) is 18.2 Å². The molecule has 0 bridgehead atoms. The van der Waals surface area contributed by atoms with E-state index in [-0.39, 0.29) is 11.5 Å². The van der Waals surface area contributed by atoms with Crippen LogP contribution in [0.25, 0.3) is 0 Å². The largest absolute Gasteiger partial charge is 0.383 e. The molecule has 0 fully saturated rings. The van der Waals surface area contributed by atoms with Crippen molar-refractivity contribution >= 4 is 17.2 Å². The summed E-state index contributed by atoms with van der Waals surface area (Å²) in [5, 5.41) is 7.65. The first-order valence-corrected chi connectivity index (χ1v) is 5.15. The van der Waals surface area contributed by atoms with Gasteiger partial charge in [-0.3, -0.25) is 14.3 Å². The second-order valence-electron chi connectivity index (χ2n) is 3.59. The summed E-state index contributed by atoms with van der Waals surface area (Å²) >= 11 is 0. The Morgan fingerprint density at radius 2 is 1.83 bits per heavy atom. The van der Waals surface area contributed by atoms with Crippen LogP contribution in [0.5, 0.6) is 0 Å².